The predicted octanol–water partition coefficient (Wildman–Crippen LogP) is 3.47. The monoisotopic (exact) mass is 306 g/mol. The summed E-state index contributed by atoms with van der Waals surface area (Å²) in [7, 11) is 0. The maximum Gasteiger partial charge on any atom is 0.330 e. The fraction of sp³-hybridized carbons (Fsp3) is 0.250. The molecule has 116 valence electrons. The van der Waals surface area contributed by atoms with Crippen LogP contribution in [0.15, 0.2) is 61.2 Å². The average molecular weight is 306 g/mol. The molecule has 0 amide bonds. The molecule has 23 heavy (non-hydrogen) atoms. The van der Waals surface area contributed by atoms with Gasteiger partial charge >= 0.3 is 5.97 Å². The molecule has 0 N–H and O–H groups in total. The van der Waals surface area contributed by atoms with Crippen LogP contribution in [0.5, 0.6) is 0 Å². The summed E-state index contributed by atoms with van der Waals surface area (Å²) in [6.45, 7) is 4.06. The molecule has 0 heterocycles. The highest BCUT2D eigenvalue weighted by Gasteiger charge is 2.61. The Kier molecular flexibility index (Phi) is 3.31. The summed E-state index contributed by atoms with van der Waals surface area (Å²) in [6.07, 6.45) is 2.30. The van der Waals surface area contributed by atoms with Crippen molar-refractivity contribution in [3.05, 3.63) is 72.3 Å². The number of benzene rings is 2. The summed E-state index contributed by atoms with van der Waals surface area (Å²) in [6, 6.07) is 17.1. The molecule has 3 heteroatoms. The molecule has 0 aromatic heterocycles. The first-order chi connectivity index (χ1) is 11.3. The minimum absolute atomic E-state index is 0.0182. The number of fused-ring (bicyclic) bond motifs is 5. The first kappa shape index (κ1) is 14.2. The maximum atomic E-state index is 11.1. The average Bonchev–Trinajstić information content (AvgIpc) is 3.26. The Morgan fingerprint density at radius 3 is 2.30 bits per heavy atom. The van der Waals surface area contributed by atoms with Gasteiger partial charge in [0.1, 0.15) is 6.61 Å². The number of esters is 1. The van der Waals surface area contributed by atoms with Crippen LogP contribution in [0.2, 0.25) is 0 Å². The third kappa shape index (κ3) is 2.12. The van der Waals surface area contributed by atoms with Crippen molar-refractivity contribution in [2.24, 2.45) is 0 Å². The molecule has 0 aliphatic heterocycles. The molecule has 0 saturated heterocycles. The summed E-state index contributed by atoms with van der Waals surface area (Å²) in [5, 5.41) is 0. The standard InChI is InChI=1S/C20H18O3/c1-2-19(21)23-12-11-22-18-13-20(18)16-9-5-3-7-14(16)15-8-4-6-10-17(15)20/h2-10,18H,1,11-13H2. The Bertz CT molecular complexity index is 732. The van der Waals surface area contributed by atoms with Gasteiger partial charge in [-0.3, -0.25) is 0 Å². The number of ether oxygens (including phenoxy) is 2. The van der Waals surface area contributed by atoms with Crippen LogP contribution in [0.3, 0.4) is 0 Å². The highest BCUT2D eigenvalue weighted by Crippen LogP contribution is 2.63. The van der Waals surface area contributed by atoms with E-state index in [0.29, 0.717) is 6.61 Å². The van der Waals surface area contributed by atoms with Gasteiger partial charge < -0.3 is 9.47 Å². The molecule has 2 aliphatic carbocycles. The Labute approximate surface area is 135 Å². The third-order valence-electron chi connectivity index (χ3n) is 4.82. The molecular weight excluding hydrogens is 288 g/mol. The first-order valence-electron chi connectivity index (χ1n) is 7.87. The number of hydrogen-bond acceptors (Lipinski definition) is 3. The van der Waals surface area contributed by atoms with Gasteiger partial charge in [0.15, 0.2) is 0 Å². The second kappa shape index (κ2) is 5.36. The lowest BCUT2D eigenvalue weighted by Crippen LogP contribution is -2.16. The quantitative estimate of drug-likeness (QED) is 0.482. The van der Waals surface area contributed by atoms with Crippen molar-refractivity contribution in [1.29, 1.82) is 0 Å². The number of hydrogen-bond donors (Lipinski definition) is 0. The van der Waals surface area contributed by atoms with E-state index < -0.39 is 5.97 Å². The van der Waals surface area contributed by atoms with Crippen LogP contribution in [0.4, 0.5) is 0 Å². The van der Waals surface area contributed by atoms with E-state index in [1.54, 1.807) is 0 Å². The first-order valence-corrected chi connectivity index (χ1v) is 7.87. The molecule has 1 unspecified atom stereocenters. The van der Waals surface area contributed by atoms with Gasteiger partial charge in [0.2, 0.25) is 0 Å². The van der Waals surface area contributed by atoms with Crippen LogP contribution in [-0.2, 0) is 19.7 Å². The van der Waals surface area contributed by atoms with Gasteiger partial charge in [-0.15, -0.1) is 0 Å². The van der Waals surface area contributed by atoms with Crippen molar-refractivity contribution in [3.8, 4) is 11.1 Å². The molecule has 3 nitrogen and oxygen atoms in total. The zero-order valence-corrected chi connectivity index (χ0v) is 12.8. The summed E-state index contributed by atoms with van der Waals surface area (Å²) in [5.41, 5.74) is 5.32. The van der Waals surface area contributed by atoms with Gasteiger partial charge in [-0.1, -0.05) is 55.1 Å². The SMILES string of the molecule is C=CC(=O)OCCOC1CC12c1ccccc1-c1ccccc12. The molecule has 2 aliphatic rings. The van der Waals surface area contributed by atoms with E-state index in [0.717, 1.165) is 6.42 Å². The predicted molar refractivity (Wildman–Crippen MR) is 88.2 cm³/mol. The van der Waals surface area contributed by atoms with Crippen LogP contribution in [0, 0.1) is 0 Å². The zero-order chi connectivity index (χ0) is 15.9. The Morgan fingerprint density at radius 2 is 1.70 bits per heavy atom. The Hall–Kier alpha value is -2.39. The summed E-state index contributed by atoms with van der Waals surface area (Å²) in [4.78, 5) is 11.1. The molecule has 0 radical (unpaired) electrons. The minimum atomic E-state index is -0.407. The lowest BCUT2D eigenvalue weighted by molar-refractivity contribution is -0.139. The second-order valence-corrected chi connectivity index (χ2v) is 6.00. The van der Waals surface area contributed by atoms with Crippen LogP contribution >= 0.6 is 0 Å². The van der Waals surface area contributed by atoms with Gasteiger partial charge in [0, 0.05) is 6.08 Å². The van der Waals surface area contributed by atoms with Crippen molar-refractivity contribution in [2.45, 2.75) is 17.9 Å². The topological polar surface area (TPSA) is 35.5 Å². The number of carbonyl (C=O) groups is 1. The lowest BCUT2D eigenvalue weighted by Gasteiger charge is -2.14. The molecule has 0 bridgehead atoms. The van der Waals surface area contributed by atoms with E-state index in [1.807, 2.05) is 0 Å². The molecule has 4 rings (SSSR count). The van der Waals surface area contributed by atoms with Crippen molar-refractivity contribution < 1.29 is 14.3 Å². The lowest BCUT2D eigenvalue weighted by atomic mass is 9.93. The molecule has 1 saturated carbocycles. The van der Waals surface area contributed by atoms with Crippen molar-refractivity contribution in [1.82, 2.24) is 0 Å². The highest BCUT2D eigenvalue weighted by molar-refractivity contribution is 5.83. The normalized spacial score (nSPS) is 19.0. The minimum Gasteiger partial charge on any atom is -0.460 e. The Balaban J connectivity index is 1.54. The van der Waals surface area contributed by atoms with Crippen molar-refractivity contribution in [2.75, 3.05) is 13.2 Å². The summed E-state index contributed by atoms with van der Waals surface area (Å²) < 4.78 is 11.0. The van der Waals surface area contributed by atoms with Gasteiger partial charge in [0.25, 0.3) is 0 Å². The van der Waals surface area contributed by atoms with E-state index in [-0.39, 0.29) is 18.1 Å². The molecule has 2 aromatic carbocycles. The van der Waals surface area contributed by atoms with E-state index in [9.17, 15) is 4.79 Å². The van der Waals surface area contributed by atoms with Crippen LogP contribution in [-0.4, -0.2) is 25.3 Å². The van der Waals surface area contributed by atoms with E-state index in [1.165, 1.54) is 28.3 Å². The van der Waals surface area contributed by atoms with Crippen LogP contribution < -0.4 is 0 Å². The summed E-state index contributed by atoms with van der Waals surface area (Å²) >= 11 is 0. The second-order valence-electron chi connectivity index (χ2n) is 6.00. The molecule has 1 fully saturated rings. The zero-order valence-electron chi connectivity index (χ0n) is 12.8. The highest BCUT2D eigenvalue weighted by atomic mass is 16.6. The van der Waals surface area contributed by atoms with E-state index in [4.69, 9.17) is 9.47 Å². The summed E-state index contributed by atoms with van der Waals surface area (Å²) in [5.74, 6) is -0.407. The number of rotatable bonds is 5. The molecule has 1 spiro atoms. The largest absolute Gasteiger partial charge is 0.460 e. The van der Waals surface area contributed by atoms with Gasteiger partial charge in [0.05, 0.1) is 18.1 Å². The fourth-order valence-electron chi connectivity index (χ4n) is 3.75. The molecular formula is C20H18O3. The smallest absolute Gasteiger partial charge is 0.330 e. The van der Waals surface area contributed by atoms with Gasteiger partial charge in [-0.25, -0.2) is 4.79 Å². The van der Waals surface area contributed by atoms with Crippen LogP contribution in [0.25, 0.3) is 11.1 Å². The van der Waals surface area contributed by atoms with Crippen molar-refractivity contribution >= 4 is 5.97 Å². The van der Waals surface area contributed by atoms with Gasteiger partial charge in [-0.2, -0.15) is 0 Å². The molecule has 1 atom stereocenters. The van der Waals surface area contributed by atoms with Crippen molar-refractivity contribution in [3.63, 3.8) is 0 Å². The van der Waals surface area contributed by atoms with E-state index >= 15 is 0 Å². The van der Waals surface area contributed by atoms with E-state index in [2.05, 4.69) is 55.1 Å². The fourth-order valence-corrected chi connectivity index (χ4v) is 3.75. The number of carbonyl (C=O) groups excluding carboxylic acids is 1. The van der Waals surface area contributed by atoms with Gasteiger partial charge in [-0.05, 0) is 28.7 Å². The third-order valence-corrected chi connectivity index (χ3v) is 4.82. The molecule has 2 aromatic rings. The van der Waals surface area contributed by atoms with Crippen LogP contribution in [0.1, 0.15) is 17.5 Å². The Morgan fingerprint density at radius 1 is 1.09 bits per heavy atom. The maximum absolute atomic E-state index is 11.1.